The van der Waals surface area contributed by atoms with Crippen LogP contribution in [0, 0.1) is 71.0 Å². The molecule has 0 unspecified atom stereocenters. The van der Waals surface area contributed by atoms with Crippen LogP contribution < -0.4 is 0 Å². The normalized spacial score (nSPS) is 11.6. The predicted octanol–water partition coefficient (Wildman–Crippen LogP) is 17.5. The third-order valence-corrected chi connectivity index (χ3v) is 15.2. The molecule has 0 heteroatoms. The Bertz CT molecular complexity index is 4500. The zero-order chi connectivity index (χ0) is 51.0. The summed E-state index contributed by atoms with van der Waals surface area (Å²) in [5, 5.41) is 18.1. The summed E-state index contributed by atoms with van der Waals surface area (Å²) in [6, 6.07) is 65.1. The van der Waals surface area contributed by atoms with Gasteiger partial charge in [0.05, 0.1) is 0 Å². The maximum atomic E-state index is 3.77. The fourth-order valence-corrected chi connectivity index (χ4v) is 11.5. The van der Waals surface area contributed by atoms with Gasteiger partial charge >= 0.3 is 0 Å². The second-order valence-electron chi connectivity index (χ2n) is 19.8. The summed E-state index contributed by atoms with van der Waals surface area (Å²) in [5.41, 5.74) is 10.4. The van der Waals surface area contributed by atoms with Crippen LogP contribution in [0.5, 0.6) is 0 Å². The average molecular weight is 961 g/mol. The van der Waals surface area contributed by atoms with Crippen LogP contribution in [0.2, 0.25) is 0 Å². The Balaban J connectivity index is 1.08. The van der Waals surface area contributed by atoms with Crippen LogP contribution in [0.1, 0.15) is 95.2 Å². The molecule has 0 atom stereocenters. The Labute approximate surface area is 444 Å². The molecule has 0 saturated carbocycles. The van der Waals surface area contributed by atoms with Gasteiger partial charge < -0.3 is 0 Å². The quantitative estimate of drug-likeness (QED) is 0.115. The molecule has 0 fully saturated rings. The zero-order valence-corrected chi connectivity index (χ0v) is 42.6. The summed E-state index contributed by atoms with van der Waals surface area (Å²) >= 11 is 0. The Hall–Kier alpha value is -9.92. The van der Waals surface area contributed by atoms with Crippen molar-refractivity contribution in [3.63, 3.8) is 0 Å². The molecule has 12 aromatic carbocycles. The molecule has 0 aromatic heterocycles. The van der Waals surface area contributed by atoms with Gasteiger partial charge in [-0.15, -0.1) is 0 Å². The molecule has 0 spiro atoms. The number of hydrogen-bond donors (Lipinski definition) is 0. The van der Waals surface area contributed by atoms with Crippen LogP contribution in [0.4, 0.5) is 0 Å². The van der Waals surface area contributed by atoms with Gasteiger partial charge in [0.1, 0.15) is 0 Å². The summed E-state index contributed by atoms with van der Waals surface area (Å²) < 4.78 is 0. The Kier molecular flexibility index (Phi) is 12.0. The Morgan fingerprint density at radius 2 is 0.539 bits per heavy atom. The monoisotopic (exact) mass is 960 g/mol. The van der Waals surface area contributed by atoms with Crippen molar-refractivity contribution in [2.75, 3.05) is 0 Å². The summed E-state index contributed by atoms with van der Waals surface area (Å²) in [5.74, 6) is 41.9. The van der Waals surface area contributed by atoms with E-state index in [-0.39, 0.29) is 0 Å². The molecule has 0 nitrogen and oxygen atoms in total. The smallest absolute Gasteiger partial charge is 0.0406 e. The lowest BCUT2D eigenvalue weighted by Gasteiger charge is -2.14. The SMILES string of the molecule is CCCCc1c2cccc3c2cc2c(cccc12)C#Cc1c2ccccc2c(c2ccccc12)C#Cc1cccc2c(CCCC)c4cccc(c4cc12)C#CC#Cc1cccc2cc4c(cccc4cc12)C#CC#C3. The van der Waals surface area contributed by atoms with Crippen molar-refractivity contribution < 1.29 is 0 Å². The Morgan fingerprint density at radius 3 is 0.868 bits per heavy atom. The zero-order valence-electron chi connectivity index (χ0n) is 42.6. The van der Waals surface area contributed by atoms with Crippen molar-refractivity contribution in [1.82, 2.24) is 0 Å². The van der Waals surface area contributed by atoms with E-state index in [2.05, 4.69) is 267 Å². The van der Waals surface area contributed by atoms with Crippen LogP contribution in [0.3, 0.4) is 0 Å². The molecule has 0 amide bonds. The van der Waals surface area contributed by atoms with E-state index in [1.807, 2.05) is 0 Å². The first kappa shape index (κ1) is 45.9. The van der Waals surface area contributed by atoms with E-state index in [0.717, 1.165) is 148 Å². The van der Waals surface area contributed by atoms with Gasteiger partial charge in [0, 0.05) is 44.5 Å². The fourth-order valence-electron chi connectivity index (χ4n) is 11.5. The lowest BCUT2D eigenvalue weighted by atomic mass is 9.89. The van der Waals surface area contributed by atoms with Gasteiger partial charge in [-0.05, 0) is 207 Å². The molecule has 76 heavy (non-hydrogen) atoms. The number of unbranched alkanes of at least 4 members (excludes halogenated alkanes) is 2. The molecule has 16 rings (SSSR count). The molecule has 12 bridgehead atoms. The minimum atomic E-state index is 0.936. The molecule has 0 aliphatic heterocycles. The van der Waals surface area contributed by atoms with Crippen LogP contribution in [0.25, 0.3) is 86.2 Å². The van der Waals surface area contributed by atoms with Gasteiger partial charge in [-0.2, -0.15) is 0 Å². The van der Waals surface area contributed by atoms with E-state index in [0.29, 0.717) is 0 Å². The van der Waals surface area contributed by atoms with Gasteiger partial charge in [-0.25, -0.2) is 0 Å². The van der Waals surface area contributed by atoms with Gasteiger partial charge in [0.15, 0.2) is 0 Å². The molecule has 12 aromatic rings. The third kappa shape index (κ3) is 8.22. The van der Waals surface area contributed by atoms with Crippen molar-refractivity contribution in [3.05, 3.63) is 238 Å². The highest BCUT2D eigenvalue weighted by Gasteiger charge is 2.16. The van der Waals surface area contributed by atoms with Crippen LogP contribution in [0.15, 0.2) is 182 Å². The first-order valence-electron chi connectivity index (χ1n) is 26.5. The highest BCUT2D eigenvalue weighted by atomic mass is 14.2. The fraction of sp³-hybridized carbons (Fsp3) is 0.105. The summed E-state index contributed by atoms with van der Waals surface area (Å²) in [7, 11) is 0. The van der Waals surface area contributed by atoms with E-state index in [4.69, 9.17) is 0 Å². The first-order valence-corrected chi connectivity index (χ1v) is 26.5. The van der Waals surface area contributed by atoms with Crippen LogP contribution in [-0.2, 0) is 12.8 Å². The number of benzene rings is 12. The molecule has 0 heterocycles. The van der Waals surface area contributed by atoms with Gasteiger partial charge in [-0.3, -0.25) is 0 Å². The molecular formula is C76H48. The largest absolute Gasteiger partial charge is 0.0654 e. The van der Waals surface area contributed by atoms with E-state index >= 15 is 0 Å². The Morgan fingerprint density at radius 1 is 0.250 bits per heavy atom. The minimum absolute atomic E-state index is 0.936. The highest BCUT2D eigenvalue weighted by Crippen LogP contribution is 2.37. The lowest BCUT2D eigenvalue weighted by molar-refractivity contribution is 0.802. The molecule has 0 radical (unpaired) electrons. The van der Waals surface area contributed by atoms with Crippen molar-refractivity contribution in [2.45, 2.75) is 52.4 Å². The van der Waals surface area contributed by atoms with E-state index in [1.54, 1.807) is 0 Å². The van der Waals surface area contributed by atoms with Crippen molar-refractivity contribution in [3.8, 4) is 71.0 Å². The summed E-state index contributed by atoms with van der Waals surface area (Å²) in [6.07, 6.45) is 6.29. The van der Waals surface area contributed by atoms with Crippen LogP contribution >= 0.6 is 0 Å². The molecule has 4 aliphatic carbocycles. The van der Waals surface area contributed by atoms with Crippen LogP contribution in [-0.4, -0.2) is 0 Å². The van der Waals surface area contributed by atoms with E-state index in [1.165, 1.54) is 32.7 Å². The van der Waals surface area contributed by atoms with Crippen molar-refractivity contribution in [1.29, 1.82) is 0 Å². The molecular weight excluding hydrogens is 913 g/mol. The number of aryl methyl sites for hydroxylation is 2. The maximum absolute atomic E-state index is 3.77. The van der Waals surface area contributed by atoms with Gasteiger partial charge in [0.25, 0.3) is 0 Å². The molecule has 4 aliphatic rings. The third-order valence-electron chi connectivity index (χ3n) is 15.2. The maximum Gasteiger partial charge on any atom is 0.0406 e. The molecule has 352 valence electrons. The van der Waals surface area contributed by atoms with Crippen molar-refractivity contribution >= 4 is 86.2 Å². The van der Waals surface area contributed by atoms with Gasteiger partial charge in [0.2, 0.25) is 0 Å². The predicted molar refractivity (Wildman–Crippen MR) is 323 cm³/mol. The second kappa shape index (κ2) is 19.8. The highest BCUT2D eigenvalue weighted by molar-refractivity contribution is 6.12. The average Bonchev–Trinajstić information content (AvgIpc) is 3.49. The summed E-state index contributed by atoms with van der Waals surface area (Å²) in [4.78, 5) is 0. The minimum Gasteiger partial charge on any atom is -0.0654 e. The van der Waals surface area contributed by atoms with E-state index < -0.39 is 0 Å². The van der Waals surface area contributed by atoms with Crippen molar-refractivity contribution in [2.24, 2.45) is 0 Å². The number of rotatable bonds is 6. The second-order valence-corrected chi connectivity index (χ2v) is 19.8. The molecule has 0 N–H and O–H groups in total. The first-order chi connectivity index (χ1) is 37.6. The molecule has 0 saturated heterocycles. The topological polar surface area (TPSA) is 0 Å². The van der Waals surface area contributed by atoms with Gasteiger partial charge in [-0.1, -0.05) is 195 Å². The lowest BCUT2D eigenvalue weighted by Crippen LogP contribution is -1.94. The standard InChI is InChI=1S/C76H48/c1-3-5-33-59-65-39-17-27-53-23-9-7-21-51-25-15-31-57-48-72-52(26-16-32-58(72)47-71(51)57)22-8-10-24-54-28-18-40-66-60(34-6-4-2)68-42-20-30-56(76(68)50-74(54)66)44-46-70-63-37-13-11-35-61(63)69(62-36-12-14-38-64(62)70)45-43-55-29-19-41-67(59)75(55)49-73(53)65/h11-20,25-32,35-42,47-50H,3-6,33-34H2,1-2H3. The number of hydrogen-bond acceptors (Lipinski definition) is 0. The summed E-state index contributed by atoms with van der Waals surface area (Å²) in [6.45, 7) is 4.52. The van der Waals surface area contributed by atoms with E-state index in [9.17, 15) is 0 Å².